The predicted molar refractivity (Wildman–Crippen MR) is 125 cm³/mol. The lowest BCUT2D eigenvalue weighted by Gasteiger charge is -2.30. The lowest BCUT2D eigenvalue weighted by molar-refractivity contribution is -0.120. The Balaban J connectivity index is 1.34. The summed E-state index contributed by atoms with van der Waals surface area (Å²) in [7, 11) is -3.54. The number of piperidine rings is 1. The van der Waals surface area contributed by atoms with Gasteiger partial charge in [-0.2, -0.15) is 4.31 Å². The van der Waals surface area contributed by atoms with Crippen molar-refractivity contribution in [1.29, 1.82) is 0 Å². The number of rotatable bonds is 6. The summed E-state index contributed by atoms with van der Waals surface area (Å²) in [5, 5.41) is 2.99. The van der Waals surface area contributed by atoms with Crippen LogP contribution in [0.1, 0.15) is 49.7 Å². The monoisotopic (exact) mass is 456 g/mol. The number of amides is 1. The minimum atomic E-state index is -3.54. The molecule has 0 aromatic heterocycles. The molecule has 0 spiro atoms. The highest BCUT2D eigenvalue weighted by atomic mass is 32.2. The molecule has 2 fully saturated rings. The average molecular weight is 457 g/mol. The van der Waals surface area contributed by atoms with E-state index < -0.39 is 10.0 Å². The van der Waals surface area contributed by atoms with Crippen molar-refractivity contribution >= 4 is 21.6 Å². The first-order chi connectivity index (χ1) is 15.3. The van der Waals surface area contributed by atoms with E-state index in [1.165, 1.54) is 17.1 Å². The third-order valence-corrected chi connectivity index (χ3v) is 8.54. The van der Waals surface area contributed by atoms with Crippen LogP contribution < -0.4 is 10.1 Å². The van der Waals surface area contributed by atoms with Gasteiger partial charge < -0.3 is 10.1 Å². The maximum Gasteiger partial charge on any atom is 0.243 e. The number of benzene rings is 2. The van der Waals surface area contributed by atoms with Gasteiger partial charge in [0.25, 0.3) is 0 Å². The second kappa shape index (κ2) is 9.63. The van der Waals surface area contributed by atoms with Crippen LogP contribution in [0.15, 0.2) is 47.4 Å². The van der Waals surface area contributed by atoms with E-state index in [0.29, 0.717) is 30.8 Å². The van der Waals surface area contributed by atoms with Gasteiger partial charge >= 0.3 is 0 Å². The highest BCUT2D eigenvalue weighted by Gasteiger charge is 2.32. The Morgan fingerprint density at radius 3 is 2.38 bits per heavy atom. The Hall–Kier alpha value is -2.38. The van der Waals surface area contributed by atoms with Gasteiger partial charge in [0.05, 0.1) is 11.0 Å². The molecule has 1 amide bonds. The molecule has 0 bridgehead atoms. The molecular formula is C25H32N2O4S. The van der Waals surface area contributed by atoms with Crippen LogP contribution in [0.2, 0.25) is 0 Å². The maximum atomic E-state index is 13.0. The normalized spacial score (nSPS) is 18.6. The summed E-state index contributed by atoms with van der Waals surface area (Å²) in [4.78, 5) is 13.1. The van der Waals surface area contributed by atoms with Crippen molar-refractivity contribution in [1.82, 2.24) is 4.31 Å². The number of carbonyl (C=O) groups is 1. The number of nitrogens with zero attached hydrogens (tertiary/aromatic N) is 1. The molecule has 0 unspecified atom stereocenters. The molecule has 2 aromatic rings. The van der Waals surface area contributed by atoms with E-state index in [9.17, 15) is 13.2 Å². The molecule has 1 aliphatic carbocycles. The molecule has 1 N–H and O–H groups in total. The fourth-order valence-corrected chi connectivity index (χ4v) is 6.03. The third kappa shape index (κ3) is 5.15. The molecule has 7 heteroatoms. The molecule has 172 valence electrons. The standard InChI is InChI=1S/C25H32N2O4S/c1-18-10-11-24(16-19(18)2)32(29,30)27-14-12-20(13-15-27)25(28)26-21-6-5-9-23(17-21)31-22-7-3-4-8-22/h5-6,9-11,16-17,20,22H,3-4,7-8,12-15H2,1-2H3,(H,26,28). The Bertz CT molecular complexity index is 1070. The number of anilines is 1. The molecule has 6 nitrogen and oxygen atoms in total. The average Bonchev–Trinajstić information content (AvgIpc) is 3.29. The molecule has 2 aromatic carbocycles. The number of carbonyl (C=O) groups excluding carboxylic acids is 1. The second-order valence-corrected chi connectivity index (χ2v) is 10.9. The summed E-state index contributed by atoms with van der Waals surface area (Å²) in [6.07, 6.45) is 5.87. The molecular weight excluding hydrogens is 424 g/mol. The highest BCUT2D eigenvalue weighted by Crippen LogP contribution is 2.28. The first kappa shape index (κ1) is 22.8. The first-order valence-corrected chi connectivity index (χ1v) is 12.9. The smallest absolute Gasteiger partial charge is 0.243 e. The van der Waals surface area contributed by atoms with Crippen LogP contribution in [0.4, 0.5) is 5.69 Å². The van der Waals surface area contributed by atoms with Gasteiger partial charge in [0.2, 0.25) is 15.9 Å². The van der Waals surface area contributed by atoms with Crippen LogP contribution in [-0.2, 0) is 14.8 Å². The van der Waals surface area contributed by atoms with Crippen molar-refractivity contribution in [2.24, 2.45) is 5.92 Å². The number of hydrogen-bond acceptors (Lipinski definition) is 4. The van der Waals surface area contributed by atoms with E-state index in [2.05, 4.69) is 5.32 Å². The highest BCUT2D eigenvalue weighted by molar-refractivity contribution is 7.89. The predicted octanol–water partition coefficient (Wildman–Crippen LogP) is 4.66. The van der Waals surface area contributed by atoms with Crippen molar-refractivity contribution < 1.29 is 17.9 Å². The van der Waals surface area contributed by atoms with Crippen LogP contribution in [-0.4, -0.2) is 37.8 Å². The van der Waals surface area contributed by atoms with Gasteiger partial charge in [-0.1, -0.05) is 12.1 Å². The van der Waals surface area contributed by atoms with Crippen molar-refractivity contribution in [3.8, 4) is 5.75 Å². The molecule has 1 saturated heterocycles. The summed E-state index contributed by atoms with van der Waals surface area (Å²) < 4.78 is 33.5. The largest absolute Gasteiger partial charge is 0.490 e. The van der Waals surface area contributed by atoms with E-state index in [1.807, 2.05) is 44.2 Å². The van der Waals surface area contributed by atoms with Crippen LogP contribution in [0.25, 0.3) is 0 Å². The topological polar surface area (TPSA) is 75.7 Å². The summed E-state index contributed by atoms with van der Waals surface area (Å²) in [6, 6.07) is 12.8. The Kier molecular flexibility index (Phi) is 6.86. The SMILES string of the molecule is Cc1ccc(S(=O)(=O)N2CCC(C(=O)Nc3cccc(OC4CCCC4)c3)CC2)cc1C. The fourth-order valence-electron chi connectivity index (χ4n) is 4.47. The van der Waals surface area contributed by atoms with Crippen molar-refractivity contribution in [2.45, 2.75) is 63.4 Å². The summed E-state index contributed by atoms with van der Waals surface area (Å²) in [5.41, 5.74) is 2.74. The molecule has 2 aliphatic rings. The van der Waals surface area contributed by atoms with Gasteiger partial charge in [0.1, 0.15) is 5.75 Å². The van der Waals surface area contributed by atoms with Crippen LogP contribution in [0.5, 0.6) is 5.75 Å². The summed E-state index contributed by atoms with van der Waals surface area (Å²) in [5.74, 6) is 0.510. The molecule has 1 aliphatic heterocycles. The molecule has 32 heavy (non-hydrogen) atoms. The lowest BCUT2D eigenvalue weighted by atomic mass is 9.97. The van der Waals surface area contributed by atoms with Gasteiger partial charge in [-0.05, 0) is 87.8 Å². The maximum absolute atomic E-state index is 13.0. The first-order valence-electron chi connectivity index (χ1n) is 11.5. The molecule has 1 saturated carbocycles. The van der Waals surface area contributed by atoms with Gasteiger partial charge in [0, 0.05) is 30.8 Å². The number of ether oxygens (including phenoxy) is 1. The van der Waals surface area contributed by atoms with Crippen LogP contribution in [0, 0.1) is 19.8 Å². The number of nitrogens with one attached hydrogen (secondary N) is 1. The van der Waals surface area contributed by atoms with Gasteiger partial charge in [0.15, 0.2) is 0 Å². The van der Waals surface area contributed by atoms with Crippen molar-refractivity contribution in [3.05, 3.63) is 53.6 Å². The number of hydrogen-bond donors (Lipinski definition) is 1. The zero-order valence-corrected chi connectivity index (χ0v) is 19.7. The second-order valence-electron chi connectivity index (χ2n) is 8.97. The van der Waals surface area contributed by atoms with Crippen molar-refractivity contribution in [3.63, 3.8) is 0 Å². The van der Waals surface area contributed by atoms with Gasteiger partial charge in [-0.25, -0.2) is 8.42 Å². The Labute approximate surface area is 191 Å². The lowest BCUT2D eigenvalue weighted by Crippen LogP contribution is -2.41. The fraction of sp³-hybridized carbons (Fsp3) is 0.480. The van der Waals surface area contributed by atoms with Crippen LogP contribution in [0.3, 0.4) is 0 Å². The van der Waals surface area contributed by atoms with E-state index in [0.717, 1.165) is 35.4 Å². The Morgan fingerprint density at radius 2 is 1.69 bits per heavy atom. The minimum Gasteiger partial charge on any atom is -0.490 e. The minimum absolute atomic E-state index is 0.0637. The van der Waals surface area contributed by atoms with Crippen molar-refractivity contribution in [2.75, 3.05) is 18.4 Å². The molecule has 0 atom stereocenters. The quantitative estimate of drug-likeness (QED) is 0.686. The number of aryl methyl sites for hydroxylation is 2. The van der Waals surface area contributed by atoms with Crippen LogP contribution >= 0.6 is 0 Å². The van der Waals surface area contributed by atoms with E-state index >= 15 is 0 Å². The zero-order valence-electron chi connectivity index (χ0n) is 18.8. The zero-order chi connectivity index (χ0) is 22.7. The molecule has 1 heterocycles. The summed E-state index contributed by atoms with van der Waals surface area (Å²) in [6.45, 7) is 4.57. The molecule has 4 rings (SSSR count). The number of sulfonamides is 1. The third-order valence-electron chi connectivity index (χ3n) is 6.65. The van der Waals surface area contributed by atoms with Gasteiger partial charge in [-0.3, -0.25) is 4.79 Å². The van der Waals surface area contributed by atoms with Gasteiger partial charge in [-0.15, -0.1) is 0 Å². The van der Waals surface area contributed by atoms with E-state index in [4.69, 9.17) is 4.74 Å². The summed E-state index contributed by atoms with van der Waals surface area (Å²) >= 11 is 0. The van der Waals surface area contributed by atoms with E-state index in [1.54, 1.807) is 12.1 Å². The van der Waals surface area contributed by atoms with E-state index in [-0.39, 0.29) is 17.9 Å². The Morgan fingerprint density at radius 1 is 0.969 bits per heavy atom. The molecule has 0 radical (unpaired) electrons.